The zero-order valence-corrected chi connectivity index (χ0v) is 12.7. The van der Waals surface area contributed by atoms with E-state index in [1.165, 1.54) is 22.3 Å². The molecule has 0 unspecified atom stereocenters. The van der Waals surface area contributed by atoms with E-state index in [9.17, 15) is 13.2 Å². The number of hydrogen-bond donors (Lipinski definition) is 1. The summed E-state index contributed by atoms with van der Waals surface area (Å²) in [5.41, 5.74) is 5.30. The van der Waals surface area contributed by atoms with E-state index in [2.05, 4.69) is 17.4 Å². The minimum Gasteiger partial charge on any atom is -0.381 e. The van der Waals surface area contributed by atoms with E-state index in [1.807, 2.05) is 30.3 Å². The minimum atomic E-state index is -1.14. The second-order valence-electron chi connectivity index (χ2n) is 5.88. The van der Waals surface area contributed by atoms with Crippen LogP contribution in [0, 0.1) is 17.5 Å². The number of rotatable bonds is 3. The van der Waals surface area contributed by atoms with Crippen molar-refractivity contribution in [3.8, 4) is 11.1 Å². The minimum absolute atomic E-state index is 0.110. The standard InChI is InChI=1S/C20H14F3N/c21-18-7-8-19(22)20(23)17(18)11-24-14-5-6-16-13(10-14)9-12-3-1-2-4-15(12)16/h1-8,10,24H,9,11H2. The Kier molecular flexibility index (Phi) is 3.53. The summed E-state index contributed by atoms with van der Waals surface area (Å²) in [6, 6.07) is 15.8. The van der Waals surface area contributed by atoms with Crippen molar-refractivity contribution in [2.24, 2.45) is 0 Å². The first-order chi connectivity index (χ1) is 11.6. The molecule has 1 aliphatic carbocycles. The maximum Gasteiger partial charge on any atom is 0.166 e. The Labute approximate surface area is 137 Å². The zero-order valence-electron chi connectivity index (χ0n) is 12.7. The van der Waals surface area contributed by atoms with Gasteiger partial charge in [-0.05, 0) is 52.9 Å². The average molecular weight is 325 g/mol. The van der Waals surface area contributed by atoms with Gasteiger partial charge in [0.1, 0.15) is 5.82 Å². The largest absolute Gasteiger partial charge is 0.381 e. The first kappa shape index (κ1) is 14.8. The molecule has 0 radical (unpaired) electrons. The normalized spacial score (nSPS) is 12.0. The molecule has 0 bridgehead atoms. The summed E-state index contributed by atoms with van der Waals surface area (Å²) >= 11 is 0. The molecule has 1 aliphatic rings. The van der Waals surface area contributed by atoms with Crippen LogP contribution in [0.25, 0.3) is 11.1 Å². The van der Waals surface area contributed by atoms with Crippen LogP contribution in [0.1, 0.15) is 16.7 Å². The molecule has 1 nitrogen and oxygen atoms in total. The van der Waals surface area contributed by atoms with E-state index in [0.29, 0.717) is 0 Å². The molecule has 3 aromatic rings. The van der Waals surface area contributed by atoms with Gasteiger partial charge in [0.2, 0.25) is 0 Å². The Hall–Kier alpha value is -2.75. The lowest BCUT2D eigenvalue weighted by molar-refractivity contribution is 0.482. The van der Waals surface area contributed by atoms with E-state index in [-0.39, 0.29) is 12.1 Å². The highest BCUT2D eigenvalue weighted by molar-refractivity contribution is 5.78. The Morgan fingerprint density at radius 3 is 2.42 bits per heavy atom. The van der Waals surface area contributed by atoms with Crippen LogP contribution in [-0.4, -0.2) is 0 Å². The highest BCUT2D eigenvalue weighted by atomic mass is 19.2. The highest BCUT2D eigenvalue weighted by Gasteiger charge is 2.18. The third-order valence-corrected chi connectivity index (χ3v) is 4.40. The molecule has 0 atom stereocenters. The second kappa shape index (κ2) is 5.71. The molecular weight excluding hydrogens is 311 g/mol. The van der Waals surface area contributed by atoms with Crippen molar-refractivity contribution in [2.45, 2.75) is 13.0 Å². The summed E-state index contributed by atoms with van der Waals surface area (Å²) in [7, 11) is 0. The van der Waals surface area contributed by atoms with Gasteiger partial charge in [-0.25, -0.2) is 13.2 Å². The summed E-state index contributed by atoms with van der Waals surface area (Å²) in [6.07, 6.45) is 0.837. The Balaban J connectivity index is 1.58. The van der Waals surface area contributed by atoms with Gasteiger partial charge in [-0.2, -0.15) is 0 Å². The van der Waals surface area contributed by atoms with Crippen LogP contribution in [0.5, 0.6) is 0 Å². The van der Waals surface area contributed by atoms with Gasteiger partial charge in [0.15, 0.2) is 11.6 Å². The van der Waals surface area contributed by atoms with Crippen LogP contribution in [0.3, 0.4) is 0 Å². The van der Waals surface area contributed by atoms with E-state index in [0.717, 1.165) is 24.2 Å². The monoisotopic (exact) mass is 325 g/mol. The third-order valence-electron chi connectivity index (χ3n) is 4.40. The van der Waals surface area contributed by atoms with Gasteiger partial charge in [0, 0.05) is 17.8 Å². The Morgan fingerprint density at radius 1 is 0.792 bits per heavy atom. The van der Waals surface area contributed by atoms with Gasteiger partial charge in [-0.15, -0.1) is 0 Å². The van der Waals surface area contributed by atoms with Gasteiger partial charge in [0.05, 0.1) is 0 Å². The summed E-state index contributed by atoms with van der Waals surface area (Å²) in [4.78, 5) is 0. The number of hydrogen-bond acceptors (Lipinski definition) is 1. The average Bonchev–Trinajstić information content (AvgIpc) is 2.96. The van der Waals surface area contributed by atoms with E-state index in [4.69, 9.17) is 0 Å². The molecule has 0 saturated carbocycles. The molecule has 4 rings (SSSR count). The van der Waals surface area contributed by atoms with Crippen molar-refractivity contribution in [1.82, 2.24) is 0 Å². The van der Waals surface area contributed by atoms with Crippen LogP contribution < -0.4 is 5.32 Å². The van der Waals surface area contributed by atoms with Crippen molar-refractivity contribution < 1.29 is 13.2 Å². The van der Waals surface area contributed by atoms with Crippen molar-refractivity contribution in [1.29, 1.82) is 0 Å². The van der Waals surface area contributed by atoms with Crippen LogP contribution in [-0.2, 0) is 13.0 Å². The van der Waals surface area contributed by atoms with Crippen LogP contribution in [0.2, 0.25) is 0 Å². The molecule has 3 aromatic carbocycles. The quantitative estimate of drug-likeness (QED) is 0.505. The topological polar surface area (TPSA) is 12.0 Å². The molecule has 0 spiro atoms. The lowest BCUT2D eigenvalue weighted by atomic mass is 10.1. The Bertz CT molecular complexity index is 934. The summed E-state index contributed by atoms with van der Waals surface area (Å²) in [5.74, 6) is -2.94. The maximum atomic E-state index is 13.7. The predicted octanol–water partition coefficient (Wildman–Crippen LogP) is 5.29. The lowest BCUT2D eigenvalue weighted by Gasteiger charge is -2.10. The summed E-state index contributed by atoms with van der Waals surface area (Å²) in [6.45, 7) is -0.110. The third kappa shape index (κ3) is 2.44. The molecule has 0 amide bonds. The van der Waals surface area contributed by atoms with Gasteiger partial charge in [-0.3, -0.25) is 0 Å². The molecule has 1 N–H and O–H groups in total. The number of anilines is 1. The molecule has 120 valence electrons. The van der Waals surface area contributed by atoms with Crippen molar-refractivity contribution in [3.05, 3.63) is 88.7 Å². The fraction of sp³-hybridized carbons (Fsp3) is 0.100. The van der Waals surface area contributed by atoms with Gasteiger partial charge < -0.3 is 5.32 Å². The molecule has 0 aliphatic heterocycles. The predicted molar refractivity (Wildman–Crippen MR) is 88.3 cm³/mol. The van der Waals surface area contributed by atoms with E-state index >= 15 is 0 Å². The van der Waals surface area contributed by atoms with Crippen LogP contribution in [0.15, 0.2) is 54.6 Å². The van der Waals surface area contributed by atoms with E-state index in [1.54, 1.807) is 0 Å². The Morgan fingerprint density at radius 2 is 1.54 bits per heavy atom. The SMILES string of the molecule is Fc1ccc(F)c(CNc2ccc3c(c2)Cc2ccccc2-3)c1F. The zero-order chi connectivity index (χ0) is 16.7. The lowest BCUT2D eigenvalue weighted by Crippen LogP contribution is -2.06. The maximum absolute atomic E-state index is 13.7. The number of fused-ring (bicyclic) bond motifs is 3. The first-order valence-corrected chi connectivity index (χ1v) is 7.71. The van der Waals surface area contributed by atoms with Gasteiger partial charge in [-0.1, -0.05) is 30.3 Å². The second-order valence-corrected chi connectivity index (χ2v) is 5.88. The smallest absolute Gasteiger partial charge is 0.166 e. The first-order valence-electron chi connectivity index (χ1n) is 7.71. The molecule has 4 heteroatoms. The number of halogens is 3. The van der Waals surface area contributed by atoms with E-state index < -0.39 is 17.5 Å². The number of benzene rings is 3. The van der Waals surface area contributed by atoms with Crippen molar-refractivity contribution >= 4 is 5.69 Å². The van der Waals surface area contributed by atoms with Gasteiger partial charge >= 0.3 is 0 Å². The summed E-state index contributed by atoms with van der Waals surface area (Å²) < 4.78 is 40.6. The molecule has 0 heterocycles. The summed E-state index contributed by atoms with van der Waals surface area (Å²) in [5, 5.41) is 2.98. The van der Waals surface area contributed by atoms with Gasteiger partial charge in [0.25, 0.3) is 0 Å². The fourth-order valence-corrected chi connectivity index (χ4v) is 3.18. The molecule has 0 saturated heterocycles. The molecule has 24 heavy (non-hydrogen) atoms. The van der Waals surface area contributed by atoms with Crippen molar-refractivity contribution in [2.75, 3.05) is 5.32 Å². The number of nitrogens with one attached hydrogen (secondary N) is 1. The molecular formula is C20H14F3N. The van der Waals surface area contributed by atoms with Crippen molar-refractivity contribution in [3.63, 3.8) is 0 Å². The fourth-order valence-electron chi connectivity index (χ4n) is 3.18. The molecule has 0 fully saturated rings. The van der Waals surface area contributed by atoms with Crippen LogP contribution in [0.4, 0.5) is 18.9 Å². The highest BCUT2D eigenvalue weighted by Crippen LogP contribution is 2.37. The van der Waals surface area contributed by atoms with Crippen LogP contribution >= 0.6 is 0 Å². The molecule has 0 aromatic heterocycles.